The summed E-state index contributed by atoms with van der Waals surface area (Å²) >= 11 is 0. The molecule has 8 heteroatoms. The Labute approximate surface area is 185 Å². The molecule has 2 aromatic rings. The topological polar surface area (TPSA) is 69.8 Å². The summed E-state index contributed by atoms with van der Waals surface area (Å²) in [6.45, 7) is 9.34. The lowest BCUT2D eigenvalue weighted by Gasteiger charge is -2.33. The van der Waals surface area contributed by atoms with Crippen LogP contribution in [0.15, 0.2) is 29.4 Å². The van der Waals surface area contributed by atoms with Crippen molar-refractivity contribution in [2.75, 3.05) is 32.7 Å². The highest BCUT2D eigenvalue weighted by Crippen LogP contribution is 2.16. The van der Waals surface area contributed by atoms with Gasteiger partial charge in [0.15, 0.2) is 11.6 Å². The zero-order valence-corrected chi connectivity index (χ0v) is 19.4. The molecule has 7 nitrogen and oxygen atoms in total. The number of likely N-dealkylation sites (tertiary alicyclic amines) is 1. The first-order chi connectivity index (χ1) is 13.3. The number of piperidine rings is 1. The minimum Gasteiger partial charge on any atom is -0.357 e. The molecule has 3 heterocycles. The summed E-state index contributed by atoms with van der Waals surface area (Å²) in [5, 5.41) is 15.2. The second-order valence-corrected chi connectivity index (χ2v) is 7.22. The third-order valence-electron chi connectivity index (χ3n) is 5.18. The largest absolute Gasteiger partial charge is 0.357 e. The van der Waals surface area contributed by atoms with E-state index in [1.165, 1.54) is 25.8 Å². The number of guanidine groups is 1. The van der Waals surface area contributed by atoms with Crippen molar-refractivity contribution in [3.63, 3.8) is 0 Å². The summed E-state index contributed by atoms with van der Waals surface area (Å²) in [6, 6.07) is 6.68. The normalized spacial score (nSPS) is 18.1. The van der Waals surface area contributed by atoms with Crippen LogP contribution < -0.4 is 10.6 Å². The van der Waals surface area contributed by atoms with E-state index in [2.05, 4.69) is 39.6 Å². The van der Waals surface area contributed by atoms with Crippen LogP contribution in [-0.4, -0.2) is 64.2 Å². The maximum Gasteiger partial charge on any atom is 0.191 e. The summed E-state index contributed by atoms with van der Waals surface area (Å²) in [5.41, 5.74) is 0.889. The molecule has 1 aliphatic rings. The van der Waals surface area contributed by atoms with Gasteiger partial charge in [-0.3, -0.25) is 9.39 Å². The van der Waals surface area contributed by atoms with Crippen molar-refractivity contribution in [1.82, 2.24) is 30.1 Å². The number of pyridine rings is 1. The molecule has 2 N–H and O–H groups in total. The van der Waals surface area contributed by atoms with Crippen LogP contribution in [0.2, 0.25) is 0 Å². The first-order valence-electron chi connectivity index (χ1n) is 10.3. The van der Waals surface area contributed by atoms with Crippen LogP contribution >= 0.6 is 24.0 Å². The quantitative estimate of drug-likeness (QED) is 0.253. The summed E-state index contributed by atoms with van der Waals surface area (Å²) < 4.78 is 2.03. The van der Waals surface area contributed by atoms with Crippen molar-refractivity contribution in [3.05, 3.63) is 30.2 Å². The molecule has 0 amide bonds. The number of hydrogen-bond donors (Lipinski definition) is 2. The summed E-state index contributed by atoms with van der Waals surface area (Å²) in [5.74, 6) is 1.85. The average molecular weight is 499 g/mol. The molecule has 1 aliphatic heterocycles. The number of aliphatic imine (C=N–C) groups is 1. The summed E-state index contributed by atoms with van der Waals surface area (Å²) in [6.07, 6.45) is 7.98. The van der Waals surface area contributed by atoms with E-state index in [-0.39, 0.29) is 24.0 Å². The smallest absolute Gasteiger partial charge is 0.191 e. The zero-order valence-electron chi connectivity index (χ0n) is 17.1. The van der Waals surface area contributed by atoms with E-state index in [0.29, 0.717) is 0 Å². The maximum absolute atomic E-state index is 4.73. The second-order valence-electron chi connectivity index (χ2n) is 7.22. The Kier molecular flexibility index (Phi) is 9.97. The molecular weight excluding hydrogens is 465 g/mol. The van der Waals surface area contributed by atoms with E-state index in [9.17, 15) is 0 Å². The van der Waals surface area contributed by atoms with Gasteiger partial charge in [0.2, 0.25) is 0 Å². The molecule has 1 saturated heterocycles. The van der Waals surface area contributed by atoms with E-state index >= 15 is 0 Å². The third kappa shape index (κ3) is 6.58. The first-order valence-corrected chi connectivity index (χ1v) is 10.3. The van der Waals surface area contributed by atoms with Gasteiger partial charge >= 0.3 is 0 Å². The fourth-order valence-electron chi connectivity index (χ4n) is 3.65. The van der Waals surface area contributed by atoms with Gasteiger partial charge in [-0.1, -0.05) is 12.5 Å². The van der Waals surface area contributed by atoms with Crippen LogP contribution in [0.4, 0.5) is 0 Å². The molecule has 0 aliphatic carbocycles. The Morgan fingerprint density at radius 3 is 2.96 bits per heavy atom. The van der Waals surface area contributed by atoms with E-state index in [1.807, 2.05) is 28.8 Å². The lowest BCUT2D eigenvalue weighted by atomic mass is 10.0. The Morgan fingerprint density at radius 2 is 2.14 bits per heavy atom. The number of hydrogen-bond acceptors (Lipinski definition) is 4. The number of fused-ring (bicyclic) bond motifs is 1. The van der Waals surface area contributed by atoms with Crippen LogP contribution in [0, 0.1) is 0 Å². The predicted octanol–water partition coefficient (Wildman–Crippen LogP) is 2.71. The molecule has 0 saturated carbocycles. The number of nitrogens with one attached hydrogen (secondary N) is 2. The van der Waals surface area contributed by atoms with Crippen molar-refractivity contribution in [2.24, 2.45) is 4.99 Å². The number of rotatable bonds is 8. The minimum atomic E-state index is 0. The molecule has 0 radical (unpaired) electrons. The van der Waals surface area contributed by atoms with Crippen molar-refractivity contribution in [1.29, 1.82) is 0 Å². The van der Waals surface area contributed by atoms with E-state index in [1.54, 1.807) is 0 Å². The Morgan fingerprint density at radius 1 is 1.25 bits per heavy atom. The summed E-state index contributed by atoms with van der Waals surface area (Å²) in [7, 11) is 0. The van der Waals surface area contributed by atoms with Crippen LogP contribution in [0.25, 0.3) is 5.65 Å². The van der Waals surface area contributed by atoms with Crippen LogP contribution in [0.3, 0.4) is 0 Å². The number of aromatic nitrogens is 3. The number of nitrogens with zero attached hydrogens (tertiary/aromatic N) is 5. The van der Waals surface area contributed by atoms with Crippen molar-refractivity contribution in [2.45, 2.75) is 52.0 Å². The zero-order chi connectivity index (χ0) is 18.9. The second kappa shape index (κ2) is 12.2. The third-order valence-corrected chi connectivity index (χ3v) is 5.18. The van der Waals surface area contributed by atoms with Crippen LogP contribution in [0.1, 0.15) is 45.4 Å². The molecule has 1 atom stereocenters. The fourth-order valence-corrected chi connectivity index (χ4v) is 3.65. The standard InChI is InChI=1S/C20H33N7.HI/c1-3-21-20(22-12-8-15-26-14-6-4-9-17(26)2)23-13-11-19-25-24-18-10-5-7-16-27(18)19;/h5,7,10,16-17H,3-4,6,8-9,11-15H2,1-2H3,(H2,21,22,23);1H. The molecule has 156 valence electrons. The molecule has 0 spiro atoms. The predicted molar refractivity (Wildman–Crippen MR) is 126 cm³/mol. The van der Waals surface area contributed by atoms with Gasteiger partial charge in [-0.25, -0.2) is 0 Å². The van der Waals surface area contributed by atoms with Gasteiger partial charge in [-0.05, 0) is 51.8 Å². The molecule has 1 fully saturated rings. The van der Waals surface area contributed by atoms with Crippen LogP contribution in [0.5, 0.6) is 0 Å². The van der Waals surface area contributed by atoms with Crippen molar-refractivity contribution in [3.8, 4) is 0 Å². The monoisotopic (exact) mass is 499 g/mol. The maximum atomic E-state index is 4.73. The lowest BCUT2D eigenvalue weighted by molar-refractivity contribution is 0.160. The highest BCUT2D eigenvalue weighted by atomic mass is 127. The lowest BCUT2D eigenvalue weighted by Crippen LogP contribution is -2.39. The fraction of sp³-hybridized carbons (Fsp3) is 0.650. The van der Waals surface area contributed by atoms with Gasteiger partial charge in [0.25, 0.3) is 0 Å². The Bertz CT molecular complexity index is 730. The Balaban J connectivity index is 0.00000280. The van der Waals surface area contributed by atoms with Gasteiger partial charge in [-0.2, -0.15) is 0 Å². The molecule has 1 unspecified atom stereocenters. The van der Waals surface area contributed by atoms with Gasteiger partial charge < -0.3 is 15.5 Å². The molecule has 0 bridgehead atoms. The van der Waals surface area contributed by atoms with Crippen molar-refractivity contribution < 1.29 is 0 Å². The van der Waals surface area contributed by atoms with Crippen molar-refractivity contribution >= 4 is 35.6 Å². The molecule has 3 rings (SSSR count). The van der Waals surface area contributed by atoms with Gasteiger partial charge in [0.1, 0.15) is 5.82 Å². The molecule has 2 aromatic heterocycles. The van der Waals surface area contributed by atoms with Gasteiger partial charge in [-0.15, -0.1) is 34.2 Å². The van der Waals surface area contributed by atoms with E-state index in [0.717, 1.165) is 62.5 Å². The van der Waals surface area contributed by atoms with Crippen LogP contribution in [-0.2, 0) is 6.42 Å². The number of halogens is 1. The highest BCUT2D eigenvalue weighted by Gasteiger charge is 2.17. The molecule has 28 heavy (non-hydrogen) atoms. The summed E-state index contributed by atoms with van der Waals surface area (Å²) in [4.78, 5) is 7.34. The molecule has 0 aromatic carbocycles. The van der Waals surface area contributed by atoms with E-state index < -0.39 is 0 Å². The van der Waals surface area contributed by atoms with Gasteiger partial charge in [0, 0.05) is 44.8 Å². The SMILES string of the molecule is CCNC(=NCCCN1CCCCC1C)NCCc1nnc2ccccn12.I. The Hall–Kier alpha value is -1.42. The van der Waals surface area contributed by atoms with E-state index in [4.69, 9.17) is 4.99 Å². The first kappa shape index (κ1) is 22.9. The average Bonchev–Trinajstić information content (AvgIpc) is 3.10. The minimum absolute atomic E-state index is 0. The highest BCUT2D eigenvalue weighted by molar-refractivity contribution is 14.0. The van der Waals surface area contributed by atoms with Gasteiger partial charge in [0.05, 0.1) is 0 Å². The molecular formula is C20H34IN7.